The van der Waals surface area contributed by atoms with Crippen LogP contribution in [0.3, 0.4) is 0 Å². The molecule has 6 nitrogen and oxygen atoms in total. The van der Waals surface area contributed by atoms with Crippen LogP contribution < -0.4 is 5.32 Å². The van der Waals surface area contributed by atoms with Gasteiger partial charge < -0.3 is 14.6 Å². The van der Waals surface area contributed by atoms with Crippen molar-refractivity contribution in [3.8, 4) is 11.3 Å². The minimum Gasteiger partial charge on any atom is -0.379 e. The lowest BCUT2D eigenvalue weighted by Crippen LogP contribution is -2.43. The van der Waals surface area contributed by atoms with Crippen LogP contribution in [0, 0.1) is 0 Å². The van der Waals surface area contributed by atoms with Crippen LogP contribution >= 0.6 is 0 Å². The van der Waals surface area contributed by atoms with Gasteiger partial charge in [-0.05, 0) is 59.9 Å². The molecule has 1 saturated heterocycles. The summed E-state index contributed by atoms with van der Waals surface area (Å²) >= 11 is 0. The van der Waals surface area contributed by atoms with Gasteiger partial charge in [-0.2, -0.15) is 0 Å². The Labute approximate surface area is 207 Å². The molecule has 0 saturated carbocycles. The molecule has 1 aromatic heterocycles. The number of nitrogens with zero attached hydrogens (tertiary/aromatic N) is 2. The van der Waals surface area contributed by atoms with Crippen molar-refractivity contribution in [1.82, 2.24) is 15.4 Å². The van der Waals surface area contributed by atoms with Gasteiger partial charge in [0.25, 0.3) is 5.91 Å². The number of fused-ring (bicyclic) bond motifs is 1. The van der Waals surface area contributed by atoms with Crippen molar-refractivity contribution in [3.63, 3.8) is 0 Å². The molecule has 0 unspecified atom stereocenters. The highest BCUT2D eigenvalue weighted by atomic mass is 16.5. The summed E-state index contributed by atoms with van der Waals surface area (Å²) in [5.74, 6) is 0.912. The van der Waals surface area contributed by atoms with E-state index in [4.69, 9.17) is 9.26 Å². The first-order valence-corrected chi connectivity index (χ1v) is 12.9. The highest BCUT2D eigenvalue weighted by Crippen LogP contribution is 2.28. The minimum atomic E-state index is -0.213. The normalized spacial score (nSPS) is 17.2. The van der Waals surface area contributed by atoms with Gasteiger partial charge in [0.05, 0.1) is 19.3 Å². The Morgan fingerprint density at radius 3 is 2.43 bits per heavy atom. The van der Waals surface area contributed by atoms with E-state index in [0.717, 1.165) is 31.5 Å². The molecule has 1 N–H and O–H groups in total. The molecule has 2 aromatic carbocycles. The fourth-order valence-electron chi connectivity index (χ4n) is 5.13. The van der Waals surface area contributed by atoms with Gasteiger partial charge in [0.1, 0.15) is 0 Å². The largest absolute Gasteiger partial charge is 0.379 e. The standard InChI is InChI=1S/C29H35N3O3/c1-20(2)21-7-10-23(11-8-21)27(32-13-15-34-16-14-32)19-30-29(33)26-18-28(35-31-26)25-12-9-22-5-3-4-6-24(22)17-25/h7-12,17-18,20,27H,3-6,13-16,19H2,1-2H3,(H,30,33)/t27-/m1/s1. The van der Waals surface area contributed by atoms with Crippen LogP contribution in [0.2, 0.25) is 0 Å². The molecule has 1 atom stereocenters. The zero-order valence-corrected chi connectivity index (χ0v) is 20.8. The molecule has 5 rings (SSSR count). The first-order valence-electron chi connectivity index (χ1n) is 12.9. The van der Waals surface area contributed by atoms with E-state index < -0.39 is 0 Å². The summed E-state index contributed by atoms with van der Waals surface area (Å²) in [4.78, 5) is 15.4. The predicted molar refractivity (Wildman–Crippen MR) is 137 cm³/mol. The lowest BCUT2D eigenvalue weighted by molar-refractivity contribution is 0.0162. The molecule has 3 aromatic rings. The third-order valence-corrected chi connectivity index (χ3v) is 7.31. The van der Waals surface area contributed by atoms with E-state index in [2.05, 4.69) is 71.7 Å². The van der Waals surface area contributed by atoms with Crippen LogP contribution in [0.25, 0.3) is 11.3 Å². The number of carbonyl (C=O) groups is 1. The SMILES string of the molecule is CC(C)c1ccc([C@@H](CNC(=O)c2cc(-c3ccc4c(c3)CCCC4)on2)N2CCOCC2)cc1. The molecule has 0 spiro atoms. The number of aromatic nitrogens is 1. The number of morpholine rings is 1. The summed E-state index contributed by atoms with van der Waals surface area (Å²) in [6, 6.07) is 17.0. The molecule has 1 amide bonds. The molecule has 184 valence electrons. The number of rotatable bonds is 7. The molecule has 2 heterocycles. The molecule has 1 fully saturated rings. The second-order valence-corrected chi connectivity index (χ2v) is 9.96. The van der Waals surface area contributed by atoms with E-state index >= 15 is 0 Å². The van der Waals surface area contributed by atoms with Gasteiger partial charge in [0, 0.05) is 31.3 Å². The molecule has 2 aliphatic rings. The predicted octanol–water partition coefficient (Wildman–Crippen LogP) is 5.15. The van der Waals surface area contributed by atoms with Crippen LogP contribution in [0.1, 0.15) is 71.4 Å². The Balaban J connectivity index is 1.28. The fraction of sp³-hybridized carbons (Fsp3) is 0.448. The molecular formula is C29H35N3O3. The Hall–Kier alpha value is -2.96. The number of amides is 1. The van der Waals surface area contributed by atoms with Crippen LogP contribution in [0.4, 0.5) is 0 Å². The molecule has 35 heavy (non-hydrogen) atoms. The molecule has 1 aliphatic heterocycles. The number of hydrogen-bond acceptors (Lipinski definition) is 5. The van der Waals surface area contributed by atoms with Crippen molar-refractivity contribution in [3.05, 3.63) is 76.5 Å². The van der Waals surface area contributed by atoms with Crippen LogP contribution in [0.5, 0.6) is 0 Å². The number of ether oxygens (including phenoxy) is 1. The lowest BCUT2D eigenvalue weighted by atomic mass is 9.90. The van der Waals surface area contributed by atoms with Gasteiger partial charge in [-0.3, -0.25) is 9.69 Å². The molecule has 6 heteroatoms. The minimum absolute atomic E-state index is 0.0797. The second kappa shape index (κ2) is 10.8. The van der Waals surface area contributed by atoms with Crippen molar-refractivity contribution in [2.75, 3.05) is 32.8 Å². The summed E-state index contributed by atoms with van der Waals surface area (Å²) in [5.41, 5.74) is 6.62. The van der Waals surface area contributed by atoms with E-state index in [1.165, 1.54) is 35.1 Å². The second-order valence-electron chi connectivity index (χ2n) is 9.96. The monoisotopic (exact) mass is 473 g/mol. The van der Waals surface area contributed by atoms with Gasteiger partial charge >= 0.3 is 0 Å². The first kappa shape index (κ1) is 23.8. The van der Waals surface area contributed by atoms with E-state index in [0.29, 0.717) is 37.1 Å². The zero-order valence-electron chi connectivity index (χ0n) is 20.8. The third-order valence-electron chi connectivity index (χ3n) is 7.31. The Bertz CT molecular complexity index is 1150. The maximum absolute atomic E-state index is 13.0. The number of hydrogen-bond donors (Lipinski definition) is 1. The smallest absolute Gasteiger partial charge is 0.273 e. The van der Waals surface area contributed by atoms with Gasteiger partial charge in [-0.25, -0.2) is 0 Å². The van der Waals surface area contributed by atoms with Gasteiger partial charge in [-0.1, -0.05) is 55.4 Å². The van der Waals surface area contributed by atoms with Crippen molar-refractivity contribution in [2.24, 2.45) is 0 Å². The average Bonchev–Trinajstić information content (AvgIpc) is 3.40. The van der Waals surface area contributed by atoms with Crippen LogP contribution in [-0.4, -0.2) is 48.8 Å². The van der Waals surface area contributed by atoms with E-state index in [1.54, 1.807) is 6.07 Å². The molecule has 0 bridgehead atoms. The zero-order chi connectivity index (χ0) is 24.2. The summed E-state index contributed by atoms with van der Waals surface area (Å²) < 4.78 is 11.1. The Morgan fingerprint density at radius 2 is 1.69 bits per heavy atom. The maximum Gasteiger partial charge on any atom is 0.273 e. The summed E-state index contributed by atoms with van der Waals surface area (Å²) in [6.45, 7) is 8.01. The van der Waals surface area contributed by atoms with E-state index in [9.17, 15) is 4.79 Å². The molecular weight excluding hydrogens is 438 g/mol. The van der Waals surface area contributed by atoms with Gasteiger partial charge in [-0.15, -0.1) is 0 Å². The van der Waals surface area contributed by atoms with Gasteiger partial charge in [0.2, 0.25) is 0 Å². The number of aryl methyl sites for hydroxylation is 2. The van der Waals surface area contributed by atoms with Crippen molar-refractivity contribution >= 4 is 5.91 Å². The summed E-state index contributed by atoms with van der Waals surface area (Å²) in [6.07, 6.45) is 4.73. The van der Waals surface area contributed by atoms with Crippen LogP contribution in [-0.2, 0) is 17.6 Å². The average molecular weight is 474 g/mol. The van der Waals surface area contributed by atoms with Crippen molar-refractivity contribution in [2.45, 2.75) is 51.5 Å². The highest BCUT2D eigenvalue weighted by molar-refractivity contribution is 5.93. The third kappa shape index (κ3) is 5.49. The van der Waals surface area contributed by atoms with E-state index in [1.807, 2.05) is 0 Å². The van der Waals surface area contributed by atoms with E-state index in [-0.39, 0.29) is 11.9 Å². The highest BCUT2D eigenvalue weighted by Gasteiger charge is 2.24. The number of carbonyl (C=O) groups excluding carboxylic acids is 1. The number of nitrogens with one attached hydrogen (secondary N) is 1. The first-order chi connectivity index (χ1) is 17.1. The summed E-state index contributed by atoms with van der Waals surface area (Å²) in [5, 5.41) is 7.18. The fourth-order valence-corrected chi connectivity index (χ4v) is 5.13. The lowest BCUT2D eigenvalue weighted by Gasteiger charge is -2.35. The summed E-state index contributed by atoms with van der Waals surface area (Å²) in [7, 11) is 0. The van der Waals surface area contributed by atoms with Gasteiger partial charge in [0.15, 0.2) is 11.5 Å². The Morgan fingerprint density at radius 1 is 0.971 bits per heavy atom. The van der Waals surface area contributed by atoms with Crippen molar-refractivity contribution in [1.29, 1.82) is 0 Å². The maximum atomic E-state index is 13.0. The molecule has 1 aliphatic carbocycles. The number of benzene rings is 2. The van der Waals surface area contributed by atoms with Crippen LogP contribution in [0.15, 0.2) is 53.1 Å². The quantitative estimate of drug-likeness (QED) is 0.514. The molecule has 0 radical (unpaired) electrons. The van der Waals surface area contributed by atoms with Crippen molar-refractivity contribution < 1.29 is 14.1 Å². The topological polar surface area (TPSA) is 67.6 Å². The Kier molecular flexibility index (Phi) is 7.30.